The number of nitriles is 1. The Morgan fingerprint density at radius 1 is 1.19 bits per heavy atom. The Kier molecular flexibility index (Phi) is 8.49. The van der Waals surface area contributed by atoms with Gasteiger partial charge in [-0.2, -0.15) is 17.0 Å². The molecule has 0 saturated carbocycles. The van der Waals surface area contributed by atoms with Crippen molar-refractivity contribution in [1.29, 1.82) is 5.26 Å². The highest BCUT2D eigenvalue weighted by Crippen LogP contribution is 2.27. The van der Waals surface area contributed by atoms with Crippen molar-refractivity contribution in [2.45, 2.75) is 58.0 Å². The fourth-order valence-corrected chi connectivity index (χ4v) is 3.51. The van der Waals surface area contributed by atoms with E-state index in [1.807, 2.05) is 30.0 Å². The standard InChI is InChI=1S/C18H28N2S/c1-4-5-9-13-21-14-12-18(15-19,20-16(2)3)17-10-7-6-8-11-17/h6-8,10-11,16,20H,4-5,9,12-14H2,1-3H3. The number of nitrogens with one attached hydrogen (secondary N) is 1. The maximum Gasteiger partial charge on any atom is 0.133 e. The van der Waals surface area contributed by atoms with Gasteiger partial charge in [-0.15, -0.1) is 0 Å². The normalized spacial score (nSPS) is 13.9. The van der Waals surface area contributed by atoms with Crippen molar-refractivity contribution in [2.24, 2.45) is 0 Å². The third kappa shape index (κ3) is 6.11. The third-order valence-electron chi connectivity index (χ3n) is 3.51. The minimum absolute atomic E-state index is 0.287. The van der Waals surface area contributed by atoms with E-state index < -0.39 is 5.54 Å². The van der Waals surface area contributed by atoms with Gasteiger partial charge in [0, 0.05) is 6.04 Å². The maximum absolute atomic E-state index is 9.80. The molecule has 0 radical (unpaired) electrons. The Bertz CT molecular complexity index is 425. The van der Waals surface area contributed by atoms with Crippen LogP contribution in [0.1, 0.15) is 52.0 Å². The van der Waals surface area contributed by atoms with Crippen molar-refractivity contribution in [3.8, 4) is 6.07 Å². The van der Waals surface area contributed by atoms with E-state index in [1.54, 1.807) is 0 Å². The van der Waals surface area contributed by atoms with Crippen LogP contribution < -0.4 is 5.32 Å². The van der Waals surface area contributed by atoms with Crippen molar-refractivity contribution in [2.75, 3.05) is 11.5 Å². The number of rotatable bonds is 10. The SMILES string of the molecule is CCCCCSCCC(C#N)(NC(C)C)c1ccccc1. The van der Waals surface area contributed by atoms with Crippen molar-refractivity contribution in [3.63, 3.8) is 0 Å². The Morgan fingerprint density at radius 3 is 2.48 bits per heavy atom. The first-order chi connectivity index (χ1) is 10.1. The number of hydrogen-bond acceptors (Lipinski definition) is 3. The molecule has 0 bridgehead atoms. The molecule has 1 aromatic rings. The molecule has 1 rings (SSSR count). The van der Waals surface area contributed by atoms with Gasteiger partial charge in [-0.25, -0.2) is 0 Å². The van der Waals surface area contributed by atoms with Gasteiger partial charge in [-0.3, -0.25) is 5.32 Å². The molecule has 0 aliphatic carbocycles. The molecule has 0 saturated heterocycles. The number of nitrogens with zero attached hydrogens (tertiary/aromatic N) is 1. The molecule has 0 aliphatic rings. The lowest BCUT2D eigenvalue weighted by molar-refractivity contribution is 0.378. The van der Waals surface area contributed by atoms with Crippen LogP contribution in [-0.4, -0.2) is 17.5 Å². The molecule has 0 heterocycles. The molecule has 0 spiro atoms. The van der Waals surface area contributed by atoms with E-state index in [4.69, 9.17) is 0 Å². The van der Waals surface area contributed by atoms with Gasteiger partial charge >= 0.3 is 0 Å². The zero-order chi connectivity index (χ0) is 15.6. The summed E-state index contributed by atoms with van der Waals surface area (Å²) in [6, 6.07) is 13.0. The van der Waals surface area contributed by atoms with Crippen LogP contribution in [0.5, 0.6) is 0 Å². The summed E-state index contributed by atoms with van der Waals surface area (Å²) in [5.74, 6) is 2.22. The summed E-state index contributed by atoms with van der Waals surface area (Å²) in [6.45, 7) is 6.43. The molecule has 0 aromatic heterocycles. The van der Waals surface area contributed by atoms with Crippen LogP contribution >= 0.6 is 11.8 Å². The lowest BCUT2D eigenvalue weighted by Crippen LogP contribution is -2.45. The first-order valence-electron chi connectivity index (χ1n) is 7.97. The summed E-state index contributed by atoms with van der Waals surface area (Å²) in [5.41, 5.74) is 0.517. The van der Waals surface area contributed by atoms with Crippen LogP contribution in [0.15, 0.2) is 30.3 Å². The molecule has 1 N–H and O–H groups in total. The average molecular weight is 305 g/mol. The van der Waals surface area contributed by atoms with Gasteiger partial charge in [0.05, 0.1) is 6.07 Å². The molecule has 0 fully saturated rings. The van der Waals surface area contributed by atoms with Gasteiger partial charge in [0.25, 0.3) is 0 Å². The van der Waals surface area contributed by atoms with Gasteiger partial charge in [0.2, 0.25) is 0 Å². The number of hydrogen-bond donors (Lipinski definition) is 1. The fourth-order valence-electron chi connectivity index (χ4n) is 2.45. The molecule has 21 heavy (non-hydrogen) atoms. The molecule has 1 atom stereocenters. The minimum atomic E-state index is -0.562. The molecule has 1 aromatic carbocycles. The van der Waals surface area contributed by atoms with Crippen molar-refractivity contribution >= 4 is 11.8 Å². The Balaban J connectivity index is 2.67. The lowest BCUT2D eigenvalue weighted by atomic mass is 9.88. The van der Waals surface area contributed by atoms with Gasteiger partial charge in [0.15, 0.2) is 0 Å². The minimum Gasteiger partial charge on any atom is -0.293 e. The molecule has 1 unspecified atom stereocenters. The first kappa shape index (κ1) is 18.1. The zero-order valence-electron chi connectivity index (χ0n) is 13.6. The maximum atomic E-state index is 9.80. The molecule has 0 amide bonds. The fraction of sp³-hybridized carbons (Fsp3) is 0.611. The quantitative estimate of drug-likeness (QED) is 0.635. The van der Waals surface area contributed by atoms with Gasteiger partial charge in [0.1, 0.15) is 5.54 Å². The predicted octanol–water partition coefficient (Wildman–Crippen LogP) is 4.72. The summed E-state index contributed by atoms with van der Waals surface area (Å²) in [6.07, 6.45) is 4.70. The monoisotopic (exact) mass is 304 g/mol. The highest BCUT2D eigenvalue weighted by Gasteiger charge is 2.32. The summed E-state index contributed by atoms with van der Waals surface area (Å²) in [7, 11) is 0. The molecule has 0 aliphatic heterocycles. The van der Waals surface area contributed by atoms with Crippen LogP contribution in [0, 0.1) is 11.3 Å². The smallest absolute Gasteiger partial charge is 0.133 e. The van der Waals surface area contributed by atoms with E-state index >= 15 is 0 Å². The predicted molar refractivity (Wildman–Crippen MR) is 93.5 cm³/mol. The van der Waals surface area contributed by atoms with Crippen LogP contribution in [0.4, 0.5) is 0 Å². The molecule has 116 valence electrons. The van der Waals surface area contributed by atoms with Crippen LogP contribution in [0.3, 0.4) is 0 Å². The van der Waals surface area contributed by atoms with Crippen molar-refractivity contribution in [3.05, 3.63) is 35.9 Å². The number of thioether (sulfide) groups is 1. The summed E-state index contributed by atoms with van der Waals surface area (Å²) in [4.78, 5) is 0. The van der Waals surface area contributed by atoms with E-state index in [0.29, 0.717) is 0 Å². The Labute approximate surface area is 134 Å². The molecular weight excluding hydrogens is 276 g/mol. The Morgan fingerprint density at radius 2 is 1.90 bits per heavy atom. The van der Waals surface area contributed by atoms with Crippen LogP contribution in [0.25, 0.3) is 0 Å². The highest BCUT2D eigenvalue weighted by molar-refractivity contribution is 7.99. The van der Waals surface area contributed by atoms with E-state index in [0.717, 1.165) is 17.7 Å². The second kappa shape index (κ2) is 9.87. The van der Waals surface area contributed by atoms with E-state index in [-0.39, 0.29) is 6.04 Å². The van der Waals surface area contributed by atoms with Crippen LogP contribution in [0.2, 0.25) is 0 Å². The summed E-state index contributed by atoms with van der Waals surface area (Å²) in [5, 5.41) is 13.3. The average Bonchev–Trinajstić information content (AvgIpc) is 2.50. The number of unbranched alkanes of at least 4 members (excludes halogenated alkanes) is 2. The van der Waals surface area contributed by atoms with Crippen molar-refractivity contribution < 1.29 is 0 Å². The molecule has 2 nitrogen and oxygen atoms in total. The summed E-state index contributed by atoms with van der Waals surface area (Å²) < 4.78 is 0. The van der Waals surface area contributed by atoms with E-state index in [1.165, 1.54) is 25.0 Å². The number of benzene rings is 1. The second-order valence-corrected chi connectivity index (χ2v) is 6.98. The third-order valence-corrected chi connectivity index (χ3v) is 4.58. The Hall–Kier alpha value is -0.980. The van der Waals surface area contributed by atoms with Crippen LogP contribution in [-0.2, 0) is 5.54 Å². The molecule has 3 heteroatoms. The van der Waals surface area contributed by atoms with E-state index in [2.05, 4.69) is 44.3 Å². The second-order valence-electron chi connectivity index (χ2n) is 5.75. The summed E-state index contributed by atoms with van der Waals surface area (Å²) >= 11 is 1.97. The zero-order valence-corrected chi connectivity index (χ0v) is 14.4. The van der Waals surface area contributed by atoms with E-state index in [9.17, 15) is 5.26 Å². The van der Waals surface area contributed by atoms with Gasteiger partial charge < -0.3 is 0 Å². The van der Waals surface area contributed by atoms with Gasteiger partial charge in [-0.1, -0.05) is 50.1 Å². The largest absolute Gasteiger partial charge is 0.293 e. The van der Waals surface area contributed by atoms with Gasteiger partial charge in [-0.05, 0) is 43.8 Å². The topological polar surface area (TPSA) is 35.8 Å². The highest BCUT2D eigenvalue weighted by atomic mass is 32.2. The van der Waals surface area contributed by atoms with Crippen molar-refractivity contribution in [1.82, 2.24) is 5.32 Å². The molecular formula is C18H28N2S. The first-order valence-corrected chi connectivity index (χ1v) is 9.12. The lowest BCUT2D eigenvalue weighted by Gasteiger charge is -2.30.